The third-order valence-electron chi connectivity index (χ3n) is 6.20. The normalized spacial score (nSPS) is 18.9. The minimum absolute atomic E-state index is 0.0997. The number of amides is 1. The fourth-order valence-corrected chi connectivity index (χ4v) is 4.53. The molecule has 2 heterocycles. The molecule has 1 aliphatic carbocycles. The van der Waals surface area contributed by atoms with E-state index in [4.69, 9.17) is 14.5 Å². The van der Waals surface area contributed by atoms with Crippen molar-refractivity contribution in [2.75, 3.05) is 36.5 Å². The third kappa shape index (κ3) is 4.06. The smallest absolute Gasteiger partial charge is 0.249 e. The average molecular weight is 439 g/mol. The predicted octanol–water partition coefficient (Wildman–Crippen LogP) is 3.44. The molecule has 0 saturated heterocycles. The van der Waals surface area contributed by atoms with Gasteiger partial charge < -0.3 is 19.3 Å². The van der Waals surface area contributed by atoms with Crippen LogP contribution in [0, 0.1) is 0 Å². The van der Waals surface area contributed by atoms with Gasteiger partial charge in [-0.15, -0.1) is 0 Å². The summed E-state index contributed by atoms with van der Waals surface area (Å²) in [6.07, 6.45) is 8.63. The van der Waals surface area contributed by atoms with E-state index in [-0.39, 0.29) is 11.9 Å². The Labute approximate surface area is 188 Å². The molecule has 1 fully saturated rings. The molecule has 2 aromatic rings. The Balaban J connectivity index is 1.59. The molecule has 1 aromatic heterocycles. The summed E-state index contributed by atoms with van der Waals surface area (Å²) in [7, 11) is 4.99. The van der Waals surface area contributed by atoms with E-state index in [0.29, 0.717) is 23.5 Å². The van der Waals surface area contributed by atoms with Crippen LogP contribution in [-0.4, -0.2) is 55.4 Å². The van der Waals surface area contributed by atoms with Gasteiger partial charge in [-0.05, 0) is 43.0 Å². The second-order valence-electron chi connectivity index (χ2n) is 8.05. The molecule has 170 valence electrons. The van der Waals surface area contributed by atoms with Gasteiger partial charge in [-0.1, -0.05) is 19.8 Å². The molecule has 0 spiro atoms. The molecular weight excluding hydrogens is 408 g/mol. The quantitative estimate of drug-likeness (QED) is 0.523. The van der Waals surface area contributed by atoms with E-state index in [1.807, 2.05) is 18.2 Å². The number of fused-ring (bicyclic) bond motifs is 1. The zero-order valence-electron chi connectivity index (χ0n) is 19.0. The standard InChI is InChI=1S/C23H30N6O3/c1-5-17-22(30)28(2)18-14-24-23(26-21(18)29(17)16-8-6-7-9-16)27-25-13-15-10-11-19(31-3)20(12-15)32-4/h10-14,16-17H,5-9H2,1-4H3,(H,24,26,27). The number of nitrogens with zero attached hydrogens (tertiary/aromatic N) is 5. The predicted molar refractivity (Wildman–Crippen MR) is 125 cm³/mol. The summed E-state index contributed by atoms with van der Waals surface area (Å²) in [5.74, 6) is 2.58. The molecule has 1 amide bonds. The van der Waals surface area contributed by atoms with Crippen LogP contribution in [0.15, 0.2) is 29.5 Å². The lowest BCUT2D eigenvalue weighted by Gasteiger charge is -2.43. The summed E-state index contributed by atoms with van der Waals surface area (Å²) in [6.45, 7) is 2.05. The first kappa shape index (κ1) is 21.9. The number of aromatic nitrogens is 2. The Morgan fingerprint density at radius 2 is 1.97 bits per heavy atom. The first-order valence-corrected chi connectivity index (χ1v) is 11.0. The summed E-state index contributed by atoms with van der Waals surface area (Å²) in [5.41, 5.74) is 4.51. The molecule has 4 rings (SSSR count). The van der Waals surface area contributed by atoms with Crippen molar-refractivity contribution in [2.45, 2.75) is 51.1 Å². The minimum Gasteiger partial charge on any atom is -0.493 e. The molecule has 2 aliphatic rings. The molecule has 0 bridgehead atoms. The number of benzene rings is 1. The van der Waals surface area contributed by atoms with Crippen molar-refractivity contribution in [2.24, 2.45) is 5.10 Å². The van der Waals surface area contributed by atoms with E-state index in [9.17, 15) is 4.79 Å². The highest BCUT2D eigenvalue weighted by Gasteiger charge is 2.41. The molecule has 9 heteroatoms. The molecule has 1 unspecified atom stereocenters. The van der Waals surface area contributed by atoms with E-state index in [1.165, 1.54) is 12.8 Å². The maximum Gasteiger partial charge on any atom is 0.249 e. The topological polar surface area (TPSA) is 92.2 Å². The monoisotopic (exact) mass is 438 g/mol. The van der Waals surface area contributed by atoms with Crippen LogP contribution < -0.4 is 24.7 Å². The van der Waals surface area contributed by atoms with E-state index in [0.717, 1.165) is 36.3 Å². The number of carbonyl (C=O) groups excluding carboxylic acids is 1. The number of carbonyl (C=O) groups is 1. The van der Waals surface area contributed by atoms with Crippen molar-refractivity contribution in [3.63, 3.8) is 0 Å². The van der Waals surface area contributed by atoms with Crippen LogP contribution >= 0.6 is 0 Å². The Hall–Kier alpha value is -3.36. The average Bonchev–Trinajstić information content (AvgIpc) is 3.35. The van der Waals surface area contributed by atoms with Crippen LogP contribution in [0.2, 0.25) is 0 Å². The van der Waals surface area contributed by atoms with Crippen molar-refractivity contribution in [3.05, 3.63) is 30.0 Å². The van der Waals surface area contributed by atoms with Gasteiger partial charge in [0.15, 0.2) is 17.3 Å². The molecule has 1 saturated carbocycles. The lowest BCUT2D eigenvalue weighted by molar-refractivity contribution is -0.120. The van der Waals surface area contributed by atoms with Crippen LogP contribution in [0.5, 0.6) is 11.5 Å². The molecule has 0 radical (unpaired) electrons. The van der Waals surface area contributed by atoms with Gasteiger partial charge >= 0.3 is 0 Å². The maximum atomic E-state index is 13.0. The van der Waals surface area contributed by atoms with Gasteiger partial charge in [0.05, 0.1) is 26.6 Å². The van der Waals surface area contributed by atoms with Gasteiger partial charge in [-0.25, -0.2) is 10.4 Å². The number of rotatable bonds is 7. The van der Waals surface area contributed by atoms with Gasteiger partial charge in [0.1, 0.15) is 11.7 Å². The van der Waals surface area contributed by atoms with Crippen molar-refractivity contribution in [3.8, 4) is 11.5 Å². The SMILES string of the molecule is CCC1C(=O)N(C)c2cnc(NN=Cc3ccc(OC)c(OC)c3)nc2N1C1CCCC1. The van der Waals surface area contributed by atoms with E-state index in [1.54, 1.807) is 38.6 Å². The van der Waals surface area contributed by atoms with Crippen LogP contribution in [0.1, 0.15) is 44.6 Å². The van der Waals surface area contributed by atoms with E-state index in [2.05, 4.69) is 27.3 Å². The first-order valence-electron chi connectivity index (χ1n) is 11.0. The fourth-order valence-electron chi connectivity index (χ4n) is 4.53. The lowest BCUT2D eigenvalue weighted by Crippen LogP contribution is -2.55. The highest BCUT2D eigenvalue weighted by Crippen LogP contribution is 2.39. The largest absolute Gasteiger partial charge is 0.493 e. The van der Waals surface area contributed by atoms with Crippen LogP contribution in [0.25, 0.3) is 0 Å². The molecule has 1 aromatic carbocycles. The van der Waals surface area contributed by atoms with E-state index < -0.39 is 0 Å². The van der Waals surface area contributed by atoms with Crippen molar-refractivity contribution >= 4 is 29.6 Å². The minimum atomic E-state index is -0.200. The van der Waals surface area contributed by atoms with Crippen molar-refractivity contribution in [1.82, 2.24) is 9.97 Å². The molecular formula is C23H30N6O3. The van der Waals surface area contributed by atoms with Gasteiger partial charge in [0.25, 0.3) is 0 Å². The van der Waals surface area contributed by atoms with E-state index >= 15 is 0 Å². The zero-order chi connectivity index (χ0) is 22.7. The second-order valence-corrected chi connectivity index (χ2v) is 8.05. The zero-order valence-corrected chi connectivity index (χ0v) is 19.0. The maximum absolute atomic E-state index is 13.0. The number of hydrazone groups is 1. The van der Waals surface area contributed by atoms with Crippen molar-refractivity contribution < 1.29 is 14.3 Å². The Morgan fingerprint density at radius 3 is 2.66 bits per heavy atom. The summed E-state index contributed by atoms with van der Waals surface area (Å²) < 4.78 is 10.6. The number of methoxy groups -OCH3 is 2. The third-order valence-corrected chi connectivity index (χ3v) is 6.20. The number of hydrogen-bond donors (Lipinski definition) is 1. The summed E-state index contributed by atoms with van der Waals surface area (Å²) >= 11 is 0. The number of hydrogen-bond acceptors (Lipinski definition) is 8. The fraction of sp³-hybridized carbons (Fsp3) is 0.478. The summed E-state index contributed by atoms with van der Waals surface area (Å²) in [5, 5.41) is 4.29. The number of nitrogens with one attached hydrogen (secondary N) is 1. The Morgan fingerprint density at radius 1 is 1.22 bits per heavy atom. The summed E-state index contributed by atoms with van der Waals surface area (Å²) in [4.78, 5) is 26.0. The van der Waals surface area contributed by atoms with Crippen LogP contribution in [-0.2, 0) is 4.79 Å². The molecule has 9 nitrogen and oxygen atoms in total. The highest BCUT2D eigenvalue weighted by molar-refractivity contribution is 6.04. The highest BCUT2D eigenvalue weighted by atomic mass is 16.5. The molecule has 1 atom stereocenters. The van der Waals surface area contributed by atoms with Gasteiger partial charge in [0, 0.05) is 13.1 Å². The number of likely N-dealkylation sites (N-methyl/N-ethyl adjacent to an activating group) is 1. The molecule has 1 aliphatic heterocycles. The number of anilines is 3. The van der Waals surface area contributed by atoms with Crippen LogP contribution in [0.4, 0.5) is 17.5 Å². The van der Waals surface area contributed by atoms with Gasteiger partial charge in [0.2, 0.25) is 11.9 Å². The van der Waals surface area contributed by atoms with Crippen molar-refractivity contribution in [1.29, 1.82) is 0 Å². The van der Waals surface area contributed by atoms with Gasteiger partial charge in [-0.3, -0.25) is 4.79 Å². The van der Waals surface area contributed by atoms with Crippen LogP contribution in [0.3, 0.4) is 0 Å². The van der Waals surface area contributed by atoms with Gasteiger partial charge in [-0.2, -0.15) is 10.1 Å². The first-order chi connectivity index (χ1) is 15.6. The Bertz CT molecular complexity index is 1010. The Kier molecular flexibility index (Phi) is 6.43. The molecule has 1 N–H and O–H groups in total. The lowest BCUT2D eigenvalue weighted by atomic mass is 10.0. The molecule has 32 heavy (non-hydrogen) atoms. The number of ether oxygens (including phenoxy) is 2. The second kappa shape index (κ2) is 9.42. The summed E-state index contributed by atoms with van der Waals surface area (Å²) in [6, 6.07) is 5.68.